The van der Waals surface area contributed by atoms with Gasteiger partial charge in [0.05, 0.1) is 19.4 Å². The van der Waals surface area contributed by atoms with Gasteiger partial charge < -0.3 is 19.0 Å². The largest absolute Gasteiger partial charge is 0.497 e. The maximum Gasteiger partial charge on any atom is 0.330 e. The smallest absolute Gasteiger partial charge is 0.330 e. The van der Waals surface area contributed by atoms with Crippen molar-refractivity contribution in [2.24, 2.45) is 0 Å². The number of halogens is 1. The first-order chi connectivity index (χ1) is 18.5. The van der Waals surface area contributed by atoms with Gasteiger partial charge in [-0.15, -0.1) is 0 Å². The van der Waals surface area contributed by atoms with E-state index in [4.69, 9.17) is 14.2 Å². The molecule has 1 fully saturated rings. The highest BCUT2D eigenvalue weighted by molar-refractivity contribution is 5.58. The molecule has 0 radical (unpaired) electrons. The van der Waals surface area contributed by atoms with Crippen LogP contribution in [-0.4, -0.2) is 35.2 Å². The van der Waals surface area contributed by atoms with Crippen molar-refractivity contribution in [3.05, 3.63) is 134 Å². The average molecular weight is 517 g/mol. The van der Waals surface area contributed by atoms with Crippen molar-refractivity contribution in [2.45, 2.75) is 30.5 Å². The molecular weight excluding hydrogens is 491 g/mol. The second-order valence-electron chi connectivity index (χ2n) is 8.87. The van der Waals surface area contributed by atoms with Gasteiger partial charge in [-0.1, -0.05) is 72.8 Å². The molecule has 0 bridgehead atoms. The highest BCUT2D eigenvalue weighted by Gasteiger charge is 2.46. The first-order valence-electron chi connectivity index (χ1n) is 12.0. The van der Waals surface area contributed by atoms with E-state index in [9.17, 15) is 18.8 Å². The van der Waals surface area contributed by atoms with E-state index >= 15 is 0 Å². The molecule has 1 aliphatic heterocycles. The van der Waals surface area contributed by atoms with E-state index in [0.717, 1.165) is 27.5 Å². The van der Waals surface area contributed by atoms with Crippen LogP contribution >= 0.6 is 0 Å². The summed E-state index contributed by atoms with van der Waals surface area (Å²) >= 11 is 0. The van der Waals surface area contributed by atoms with Crippen molar-refractivity contribution in [1.29, 1.82) is 0 Å². The molecule has 38 heavy (non-hydrogen) atoms. The Kier molecular flexibility index (Phi) is 7.04. The van der Waals surface area contributed by atoms with Gasteiger partial charge in [0.1, 0.15) is 23.7 Å². The number of carbonyl (C=O) groups is 1. The van der Waals surface area contributed by atoms with Gasteiger partial charge in [-0.25, -0.2) is 4.79 Å². The fraction of sp³-hybridized carbons (Fsp3) is 0.207. The van der Waals surface area contributed by atoms with Crippen molar-refractivity contribution >= 4 is 6.29 Å². The SMILES string of the molecule is COc1ccc(C(OC2CC(n3cc(F)c(=O)[nH]c3=O)OC2C=O)(c2ccccc2)c2ccccc2)cc1. The van der Waals surface area contributed by atoms with Crippen molar-refractivity contribution in [3.8, 4) is 5.75 Å². The summed E-state index contributed by atoms with van der Waals surface area (Å²) in [5.74, 6) is -0.473. The first-order valence-corrected chi connectivity index (χ1v) is 12.0. The van der Waals surface area contributed by atoms with Gasteiger partial charge in [-0.2, -0.15) is 4.39 Å². The zero-order chi connectivity index (χ0) is 26.7. The summed E-state index contributed by atoms with van der Waals surface area (Å²) < 4.78 is 33.0. The van der Waals surface area contributed by atoms with Gasteiger partial charge >= 0.3 is 5.69 Å². The summed E-state index contributed by atoms with van der Waals surface area (Å²) in [6.45, 7) is 0. The van der Waals surface area contributed by atoms with Crippen LogP contribution < -0.4 is 16.0 Å². The second-order valence-corrected chi connectivity index (χ2v) is 8.87. The van der Waals surface area contributed by atoms with Crippen LogP contribution in [0.1, 0.15) is 29.3 Å². The molecule has 0 aliphatic carbocycles. The molecule has 3 aromatic carbocycles. The Bertz CT molecular complexity index is 1480. The number of aldehydes is 1. The van der Waals surface area contributed by atoms with Crippen LogP contribution in [0.3, 0.4) is 0 Å². The Morgan fingerprint density at radius 2 is 1.53 bits per heavy atom. The predicted molar refractivity (Wildman–Crippen MR) is 137 cm³/mol. The summed E-state index contributed by atoms with van der Waals surface area (Å²) in [5, 5.41) is 0. The zero-order valence-electron chi connectivity index (χ0n) is 20.5. The number of nitrogens with one attached hydrogen (secondary N) is 1. The van der Waals surface area contributed by atoms with Crippen molar-refractivity contribution < 1.29 is 23.4 Å². The lowest BCUT2D eigenvalue weighted by Gasteiger charge is -2.38. The van der Waals surface area contributed by atoms with Crippen LogP contribution in [0.25, 0.3) is 0 Å². The monoisotopic (exact) mass is 516 g/mol. The Hall–Kier alpha value is -4.34. The van der Waals surface area contributed by atoms with Crippen LogP contribution in [-0.2, 0) is 19.9 Å². The first kappa shape index (κ1) is 25.3. The number of hydrogen-bond acceptors (Lipinski definition) is 6. The third-order valence-electron chi connectivity index (χ3n) is 6.67. The summed E-state index contributed by atoms with van der Waals surface area (Å²) in [4.78, 5) is 38.0. The summed E-state index contributed by atoms with van der Waals surface area (Å²) in [5.41, 5.74) is -0.778. The molecule has 1 aromatic heterocycles. The van der Waals surface area contributed by atoms with Crippen LogP contribution in [0.2, 0.25) is 0 Å². The summed E-state index contributed by atoms with van der Waals surface area (Å²) in [6, 6.07) is 26.5. The maximum atomic E-state index is 14.0. The van der Waals surface area contributed by atoms with E-state index in [1.807, 2.05) is 89.9 Å². The van der Waals surface area contributed by atoms with E-state index in [-0.39, 0.29) is 6.42 Å². The number of ether oxygens (including phenoxy) is 3. The number of benzene rings is 3. The van der Waals surface area contributed by atoms with Gasteiger partial charge in [0.2, 0.25) is 5.82 Å². The molecule has 194 valence electrons. The minimum atomic E-state index is -1.18. The Morgan fingerprint density at radius 1 is 0.947 bits per heavy atom. The number of nitrogens with zero attached hydrogens (tertiary/aromatic N) is 1. The fourth-order valence-electron chi connectivity index (χ4n) is 4.85. The molecule has 1 N–H and O–H groups in total. The van der Waals surface area contributed by atoms with E-state index < -0.39 is 41.1 Å². The molecule has 0 amide bonds. The average Bonchev–Trinajstić information content (AvgIpc) is 3.37. The Labute approximate surface area is 217 Å². The number of rotatable bonds is 8. The number of hydrogen-bond donors (Lipinski definition) is 1. The summed E-state index contributed by atoms with van der Waals surface area (Å²) in [6.07, 6.45) is -1.50. The van der Waals surface area contributed by atoms with Crippen LogP contribution in [0.4, 0.5) is 4.39 Å². The lowest BCUT2D eigenvalue weighted by Crippen LogP contribution is -2.40. The molecule has 9 heteroatoms. The lowest BCUT2D eigenvalue weighted by molar-refractivity contribution is -0.130. The topological polar surface area (TPSA) is 99.6 Å². The Morgan fingerprint density at radius 3 is 2.08 bits per heavy atom. The van der Waals surface area contributed by atoms with Crippen molar-refractivity contribution in [1.82, 2.24) is 9.55 Å². The molecule has 5 rings (SSSR count). The summed E-state index contributed by atoms with van der Waals surface area (Å²) in [7, 11) is 1.58. The molecule has 4 aromatic rings. The molecule has 1 aliphatic rings. The molecule has 0 spiro atoms. The van der Waals surface area contributed by atoms with Gasteiger partial charge in [-0.3, -0.25) is 14.3 Å². The molecule has 8 nitrogen and oxygen atoms in total. The minimum Gasteiger partial charge on any atom is -0.497 e. The van der Waals surface area contributed by atoms with Gasteiger partial charge in [0.25, 0.3) is 5.56 Å². The number of aromatic nitrogens is 2. The molecule has 1 saturated heterocycles. The number of carbonyl (C=O) groups excluding carboxylic acids is 1. The molecular formula is C29H25FN2O6. The van der Waals surface area contributed by atoms with E-state index in [1.165, 1.54) is 0 Å². The van der Waals surface area contributed by atoms with Gasteiger partial charge in [0, 0.05) is 6.42 Å². The quantitative estimate of drug-likeness (QED) is 0.284. The van der Waals surface area contributed by atoms with Gasteiger partial charge in [0.15, 0.2) is 6.29 Å². The number of H-pyrrole nitrogens is 1. The van der Waals surface area contributed by atoms with Crippen LogP contribution in [0.15, 0.2) is 101 Å². The van der Waals surface area contributed by atoms with Gasteiger partial charge in [-0.05, 0) is 28.8 Å². The normalized spacial score (nSPS) is 19.3. The van der Waals surface area contributed by atoms with Crippen molar-refractivity contribution in [2.75, 3.05) is 7.11 Å². The van der Waals surface area contributed by atoms with Crippen molar-refractivity contribution in [3.63, 3.8) is 0 Å². The third kappa shape index (κ3) is 4.57. The standard InChI is InChI=1S/C29H25FN2O6/c1-36-22-14-12-21(13-15-22)29(19-8-4-2-5-9-19,20-10-6-3-7-11-20)38-24-16-26(37-25(24)18-33)32-17-23(30)27(34)31-28(32)35/h2-15,17-18,24-26H,16H2,1H3,(H,31,34,35). The highest BCUT2D eigenvalue weighted by atomic mass is 19.1. The third-order valence-corrected chi connectivity index (χ3v) is 6.67. The lowest BCUT2D eigenvalue weighted by atomic mass is 9.79. The highest BCUT2D eigenvalue weighted by Crippen LogP contribution is 2.44. The fourth-order valence-corrected chi connectivity index (χ4v) is 4.85. The molecule has 3 unspecified atom stereocenters. The van der Waals surface area contributed by atoms with E-state index in [1.54, 1.807) is 7.11 Å². The molecule has 2 heterocycles. The van der Waals surface area contributed by atoms with Crippen LogP contribution in [0, 0.1) is 5.82 Å². The number of aromatic amines is 1. The second kappa shape index (κ2) is 10.6. The van der Waals surface area contributed by atoms with E-state index in [0.29, 0.717) is 12.0 Å². The predicted octanol–water partition coefficient (Wildman–Crippen LogP) is 3.55. The van der Waals surface area contributed by atoms with Crippen LogP contribution in [0.5, 0.6) is 5.75 Å². The Balaban J connectivity index is 1.64. The molecule has 0 saturated carbocycles. The number of methoxy groups -OCH3 is 1. The minimum absolute atomic E-state index is 0.0480. The van der Waals surface area contributed by atoms with E-state index in [2.05, 4.69) is 0 Å². The maximum absolute atomic E-state index is 14.0. The molecule has 3 atom stereocenters. The zero-order valence-corrected chi connectivity index (χ0v) is 20.5.